The van der Waals surface area contributed by atoms with Crippen LogP contribution in [0.5, 0.6) is 0 Å². The maximum atomic E-state index is 12.7. The molecule has 20 heavy (non-hydrogen) atoms. The molecule has 0 amide bonds. The highest BCUT2D eigenvalue weighted by Crippen LogP contribution is 2.41. The summed E-state index contributed by atoms with van der Waals surface area (Å²) >= 11 is 0.0425. The van der Waals surface area contributed by atoms with Gasteiger partial charge in [-0.1, -0.05) is 0 Å². The van der Waals surface area contributed by atoms with E-state index in [2.05, 4.69) is 0 Å². The number of carboxylic acid groups (broad SMARTS) is 1. The van der Waals surface area contributed by atoms with Crippen molar-refractivity contribution in [2.24, 2.45) is 0 Å². The van der Waals surface area contributed by atoms with Crippen LogP contribution in [0.3, 0.4) is 0 Å². The smallest absolute Gasteiger partial charge is 0.426 e. The van der Waals surface area contributed by atoms with Crippen LogP contribution in [0.2, 0.25) is 0 Å². The number of nitrogens with zero attached hydrogens (tertiary/aromatic N) is 3. The van der Waals surface area contributed by atoms with E-state index in [0.717, 1.165) is 0 Å². The molecule has 0 aliphatic carbocycles. The van der Waals surface area contributed by atoms with Crippen molar-refractivity contribution in [1.29, 1.82) is 15.8 Å². The van der Waals surface area contributed by atoms with E-state index in [4.69, 9.17) is 20.9 Å². The SMILES string of the molecule is N#CC(=Cc1sc(C(F)(F)F)c(C#N)c1C#N)C(=O)O. The molecule has 5 nitrogen and oxygen atoms in total. The van der Waals surface area contributed by atoms with Crippen LogP contribution < -0.4 is 0 Å². The number of hydrogen-bond donors (Lipinski definition) is 1. The molecule has 1 heterocycles. The molecule has 0 fully saturated rings. The fourth-order valence-electron chi connectivity index (χ4n) is 1.24. The standard InChI is InChI=1S/C11H2F3N3O2S/c12-11(13,14)9-7(4-17)6(3-16)8(20-9)1-5(2-15)10(18)19/h1H,(H,18,19). The minimum Gasteiger partial charge on any atom is -0.477 e. The van der Waals surface area contributed by atoms with E-state index in [1.807, 2.05) is 0 Å². The highest BCUT2D eigenvalue weighted by Gasteiger charge is 2.38. The number of halogens is 3. The third-order valence-corrected chi connectivity index (χ3v) is 3.22. The summed E-state index contributed by atoms with van der Waals surface area (Å²) in [6.45, 7) is 0. The first-order chi connectivity index (χ1) is 9.26. The van der Waals surface area contributed by atoms with Gasteiger partial charge in [-0.15, -0.1) is 11.3 Å². The van der Waals surface area contributed by atoms with Gasteiger partial charge >= 0.3 is 12.1 Å². The fourth-order valence-corrected chi connectivity index (χ4v) is 2.25. The van der Waals surface area contributed by atoms with E-state index in [-0.39, 0.29) is 11.3 Å². The van der Waals surface area contributed by atoms with E-state index in [0.29, 0.717) is 6.08 Å². The van der Waals surface area contributed by atoms with Gasteiger partial charge in [0, 0.05) is 4.88 Å². The molecule has 0 unspecified atom stereocenters. The lowest BCUT2D eigenvalue weighted by Gasteiger charge is -2.02. The van der Waals surface area contributed by atoms with E-state index < -0.39 is 38.6 Å². The van der Waals surface area contributed by atoms with Crippen molar-refractivity contribution in [3.05, 3.63) is 26.5 Å². The number of carboxylic acids is 1. The van der Waals surface area contributed by atoms with Crippen molar-refractivity contribution in [1.82, 2.24) is 0 Å². The van der Waals surface area contributed by atoms with Gasteiger partial charge in [0.25, 0.3) is 0 Å². The number of alkyl halides is 3. The number of carbonyl (C=O) groups is 1. The quantitative estimate of drug-likeness (QED) is 0.666. The molecule has 0 aromatic carbocycles. The molecule has 0 aliphatic heterocycles. The molecular weight excluding hydrogens is 295 g/mol. The number of thiophene rings is 1. The van der Waals surface area contributed by atoms with Crippen molar-refractivity contribution in [2.75, 3.05) is 0 Å². The molecule has 100 valence electrons. The van der Waals surface area contributed by atoms with Gasteiger partial charge in [-0.3, -0.25) is 0 Å². The fraction of sp³-hybridized carbons (Fsp3) is 0.0909. The minimum absolute atomic E-state index is 0.0425. The van der Waals surface area contributed by atoms with Gasteiger partial charge in [0.1, 0.15) is 28.7 Å². The summed E-state index contributed by atoms with van der Waals surface area (Å²) in [5, 5.41) is 34.7. The lowest BCUT2D eigenvalue weighted by molar-refractivity contribution is -0.134. The topological polar surface area (TPSA) is 109 Å². The van der Waals surface area contributed by atoms with Crippen LogP contribution in [-0.2, 0) is 11.0 Å². The van der Waals surface area contributed by atoms with Crippen LogP contribution in [0.1, 0.15) is 20.9 Å². The largest absolute Gasteiger partial charge is 0.477 e. The van der Waals surface area contributed by atoms with Crippen LogP contribution >= 0.6 is 11.3 Å². The summed E-state index contributed by atoms with van der Waals surface area (Å²) in [6, 6.07) is 3.97. The van der Waals surface area contributed by atoms with Gasteiger partial charge in [-0.2, -0.15) is 29.0 Å². The van der Waals surface area contributed by atoms with Crippen LogP contribution in [-0.4, -0.2) is 11.1 Å². The summed E-state index contributed by atoms with van der Waals surface area (Å²) < 4.78 is 38.1. The van der Waals surface area contributed by atoms with E-state index in [9.17, 15) is 18.0 Å². The molecule has 1 aromatic rings. The average molecular weight is 297 g/mol. The Bertz CT molecular complexity index is 726. The maximum absolute atomic E-state index is 12.7. The van der Waals surface area contributed by atoms with Crippen LogP contribution in [0, 0.1) is 34.0 Å². The van der Waals surface area contributed by atoms with Crippen LogP contribution in [0.4, 0.5) is 13.2 Å². The molecule has 1 rings (SSSR count). The second-order valence-corrected chi connectivity index (χ2v) is 4.29. The molecule has 1 aromatic heterocycles. The van der Waals surface area contributed by atoms with Gasteiger partial charge in [-0.05, 0) is 6.08 Å². The van der Waals surface area contributed by atoms with Crippen LogP contribution in [0.25, 0.3) is 6.08 Å². The Morgan fingerprint density at radius 2 is 1.75 bits per heavy atom. The van der Waals surface area contributed by atoms with E-state index >= 15 is 0 Å². The van der Waals surface area contributed by atoms with Gasteiger partial charge in [0.2, 0.25) is 0 Å². The monoisotopic (exact) mass is 297 g/mol. The summed E-state index contributed by atoms with van der Waals surface area (Å²) in [5.74, 6) is -1.64. The highest BCUT2D eigenvalue weighted by atomic mass is 32.1. The molecular formula is C11H2F3N3O2S. The molecule has 0 atom stereocenters. The van der Waals surface area contributed by atoms with Crippen molar-refractivity contribution in [3.8, 4) is 18.2 Å². The Labute approximate surface area is 114 Å². The Hall–Kier alpha value is -2.83. The molecule has 1 N–H and O–H groups in total. The van der Waals surface area contributed by atoms with Gasteiger partial charge in [-0.25, -0.2) is 4.79 Å². The second kappa shape index (κ2) is 5.43. The van der Waals surface area contributed by atoms with Gasteiger partial charge in [0.05, 0.1) is 11.1 Å². The minimum atomic E-state index is -4.84. The Morgan fingerprint density at radius 1 is 1.20 bits per heavy atom. The Kier molecular flexibility index (Phi) is 4.14. The molecule has 0 aliphatic rings. The number of hydrogen-bond acceptors (Lipinski definition) is 5. The summed E-state index contributed by atoms with van der Waals surface area (Å²) in [6.07, 6.45) is -4.20. The Morgan fingerprint density at radius 3 is 2.10 bits per heavy atom. The first kappa shape index (κ1) is 15.2. The zero-order chi connectivity index (χ0) is 15.5. The maximum Gasteiger partial charge on any atom is 0.426 e. The van der Waals surface area contributed by atoms with Crippen molar-refractivity contribution in [3.63, 3.8) is 0 Å². The molecule has 0 radical (unpaired) electrons. The lowest BCUT2D eigenvalue weighted by Crippen LogP contribution is -2.04. The highest BCUT2D eigenvalue weighted by molar-refractivity contribution is 7.13. The van der Waals surface area contributed by atoms with Gasteiger partial charge < -0.3 is 5.11 Å². The molecule has 0 saturated heterocycles. The third-order valence-electron chi connectivity index (χ3n) is 2.04. The first-order valence-corrected chi connectivity index (χ1v) is 5.47. The van der Waals surface area contributed by atoms with E-state index in [1.54, 1.807) is 0 Å². The van der Waals surface area contributed by atoms with Crippen LogP contribution in [0.15, 0.2) is 5.57 Å². The zero-order valence-electron chi connectivity index (χ0n) is 9.32. The number of rotatable bonds is 2. The molecule has 0 spiro atoms. The van der Waals surface area contributed by atoms with Crippen molar-refractivity contribution >= 4 is 23.4 Å². The number of aliphatic carboxylic acids is 1. The lowest BCUT2D eigenvalue weighted by atomic mass is 10.1. The van der Waals surface area contributed by atoms with E-state index in [1.165, 1.54) is 18.2 Å². The summed E-state index contributed by atoms with van der Waals surface area (Å²) in [5.41, 5.74) is -2.31. The first-order valence-electron chi connectivity index (χ1n) is 4.65. The normalized spacial score (nSPS) is 11.3. The van der Waals surface area contributed by atoms with Gasteiger partial charge in [0.15, 0.2) is 0 Å². The predicted octanol–water partition coefficient (Wildman–Crippen LogP) is 2.50. The molecule has 0 saturated carbocycles. The Balaban J connectivity index is 3.65. The third kappa shape index (κ3) is 2.77. The summed E-state index contributed by atoms with van der Waals surface area (Å²) in [4.78, 5) is 8.94. The average Bonchev–Trinajstić information content (AvgIpc) is 2.72. The molecule has 9 heteroatoms. The zero-order valence-corrected chi connectivity index (χ0v) is 10.1. The number of nitriles is 3. The predicted molar refractivity (Wildman–Crippen MR) is 60.0 cm³/mol. The summed E-state index contributed by atoms with van der Waals surface area (Å²) in [7, 11) is 0. The van der Waals surface area contributed by atoms with Crippen molar-refractivity contribution in [2.45, 2.75) is 6.18 Å². The molecule has 0 bridgehead atoms. The second-order valence-electron chi connectivity index (χ2n) is 3.24. The van der Waals surface area contributed by atoms with Crippen molar-refractivity contribution < 1.29 is 23.1 Å².